The van der Waals surface area contributed by atoms with Gasteiger partial charge in [0.2, 0.25) is 0 Å². The summed E-state index contributed by atoms with van der Waals surface area (Å²) in [6.07, 6.45) is -2.87. The second-order valence-corrected chi connectivity index (χ2v) is 5.42. The van der Waals surface area contributed by atoms with Crippen molar-refractivity contribution in [2.45, 2.75) is 20.0 Å². The number of nitrogens with zero attached hydrogens (tertiary/aromatic N) is 1. The number of pyridine rings is 1. The van der Waals surface area contributed by atoms with Crippen LogP contribution in [0.15, 0.2) is 23.0 Å². The maximum Gasteiger partial charge on any atom is 0.506 e. The minimum atomic E-state index is -1.61. The number of halogens is 2. The molecule has 0 saturated carbocycles. The first kappa shape index (κ1) is 16.6. The average molecular weight is 349 g/mol. The van der Waals surface area contributed by atoms with Crippen molar-refractivity contribution >= 4 is 17.2 Å². The molecule has 2 heterocycles. The number of carbonyl (C=O) groups is 1. The first-order valence-corrected chi connectivity index (χ1v) is 7.26. The number of rotatable bonds is 3. The highest BCUT2D eigenvalue weighted by molar-refractivity contribution is 5.83. The lowest BCUT2D eigenvalue weighted by Crippen LogP contribution is -2.19. The lowest BCUT2D eigenvalue weighted by Gasteiger charge is -2.16. The van der Waals surface area contributed by atoms with Crippen LogP contribution >= 0.6 is 0 Å². The number of aromatic amines is 2. The zero-order valence-electron chi connectivity index (χ0n) is 13.2. The number of benzene rings is 1. The van der Waals surface area contributed by atoms with Gasteiger partial charge in [0.25, 0.3) is 0 Å². The molecule has 3 N–H and O–H groups in total. The van der Waals surface area contributed by atoms with Crippen molar-refractivity contribution in [2.75, 3.05) is 0 Å². The number of aromatic nitrogens is 3. The van der Waals surface area contributed by atoms with Crippen LogP contribution in [0.25, 0.3) is 22.3 Å². The number of ether oxygens (including phenoxy) is 1. The average Bonchev–Trinajstić information content (AvgIpc) is 2.88. The summed E-state index contributed by atoms with van der Waals surface area (Å²) in [5, 5.41) is 15.5. The molecule has 0 bridgehead atoms. The van der Waals surface area contributed by atoms with Crippen LogP contribution in [-0.4, -0.2) is 26.4 Å². The summed E-state index contributed by atoms with van der Waals surface area (Å²) in [6.45, 7) is 2.88. The maximum atomic E-state index is 14.2. The third-order valence-electron chi connectivity index (χ3n) is 3.84. The van der Waals surface area contributed by atoms with Crippen LogP contribution in [0.5, 0.6) is 0 Å². The smallest absolute Gasteiger partial charge is 0.450 e. The van der Waals surface area contributed by atoms with Gasteiger partial charge in [0.1, 0.15) is 23.4 Å². The molecule has 7 nitrogen and oxygen atoms in total. The van der Waals surface area contributed by atoms with Gasteiger partial charge in [-0.15, -0.1) is 0 Å². The molecule has 0 aliphatic carbocycles. The van der Waals surface area contributed by atoms with Gasteiger partial charge >= 0.3 is 6.16 Å². The topological polar surface area (TPSA) is 108 Å². The van der Waals surface area contributed by atoms with E-state index in [0.29, 0.717) is 5.69 Å². The first-order valence-electron chi connectivity index (χ1n) is 7.26. The fourth-order valence-electron chi connectivity index (χ4n) is 2.77. The van der Waals surface area contributed by atoms with E-state index in [-0.39, 0.29) is 22.3 Å². The van der Waals surface area contributed by atoms with Crippen LogP contribution in [-0.2, 0) is 4.74 Å². The summed E-state index contributed by atoms with van der Waals surface area (Å²) in [6, 6.07) is 3.25. The van der Waals surface area contributed by atoms with Crippen molar-refractivity contribution in [3.05, 3.63) is 51.3 Å². The Balaban J connectivity index is 2.41. The lowest BCUT2D eigenvalue weighted by molar-refractivity contribution is 0.0585. The lowest BCUT2D eigenvalue weighted by atomic mass is 9.99. The zero-order valence-corrected chi connectivity index (χ0v) is 13.2. The van der Waals surface area contributed by atoms with Crippen LogP contribution in [0, 0.1) is 18.6 Å². The largest absolute Gasteiger partial charge is 0.506 e. The van der Waals surface area contributed by atoms with E-state index < -0.39 is 34.9 Å². The highest BCUT2D eigenvalue weighted by atomic mass is 19.1. The fourth-order valence-corrected chi connectivity index (χ4v) is 2.77. The Labute approximate surface area is 139 Å². The Morgan fingerprint density at radius 3 is 2.56 bits per heavy atom. The third kappa shape index (κ3) is 2.73. The molecule has 0 aliphatic rings. The summed E-state index contributed by atoms with van der Waals surface area (Å²) in [5.41, 5.74) is -0.975. The Morgan fingerprint density at radius 2 is 1.96 bits per heavy atom. The van der Waals surface area contributed by atoms with E-state index in [1.54, 1.807) is 6.92 Å². The van der Waals surface area contributed by atoms with Crippen molar-refractivity contribution in [3.8, 4) is 11.3 Å². The van der Waals surface area contributed by atoms with Crippen molar-refractivity contribution in [3.63, 3.8) is 0 Å². The predicted molar refractivity (Wildman–Crippen MR) is 84.3 cm³/mol. The number of hydrogen-bond donors (Lipinski definition) is 3. The Hall–Kier alpha value is -3.23. The second-order valence-electron chi connectivity index (χ2n) is 5.42. The molecule has 0 saturated heterocycles. The van der Waals surface area contributed by atoms with Gasteiger partial charge in [0.05, 0.1) is 27.9 Å². The molecule has 1 aromatic carbocycles. The van der Waals surface area contributed by atoms with E-state index in [1.807, 2.05) is 0 Å². The SMILES string of the molecule is Cc1n[nH]c2[nH]c(-c3c(F)cccc3F)c(C(C)OC(=O)O)c(=O)c12. The highest BCUT2D eigenvalue weighted by Crippen LogP contribution is 2.31. The van der Waals surface area contributed by atoms with Crippen LogP contribution in [0.2, 0.25) is 0 Å². The molecular weight excluding hydrogens is 336 g/mol. The maximum absolute atomic E-state index is 14.2. The van der Waals surface area contributed by atoms with Gasteiger partial charge in [-0.3, -0.25) is 9.89 Å². The van der Waals surface area contributed by atoms with E-state index in [1.165, 1.54) is 13.0 Å². The molecule has 9 heteroatoms. The Bertz CT molecular complexity index is 1020. The second kappa shape index (κ2) is 6.00. The number of H-pyrrole nitrogens is 2. The summed E-state index contributed by atoms with van der Waals surface area (Å²) in [4.78, 5) is 26.4. The van der Waals surface area contributed by atoms with Crippen LogP contribution in [0.3, 0.4) is 0 Å². The number of aryl methyl sites for hydroxylation is 1. The van der Waals surface area contributed by atoms with Crippen molar-refractivity contribution in [2.24, 2.45) is 0 Å². The molecule has 3 aromatic rings. The molecule has 2 aromatic heterocycles. The third-order valence-corrected chi connectivity index (χ3v) is 3.84. The molecule has 0 fully saturated rings. The van der Waals surface area contributed by atoms with E-state index in [4.69, 9.17) is 5.11 Å². The molecular formula is C16H13F2N3O4. The molecule has 25 heavy (non-hydrogen) atoms. The van der Waals surface area contributed by atoms with E-state index in [2.05, 4.69) is 19.9 Å². The summed E-state index contributed by atoms with van der Waals surface area (Å²) < 4.78 is 33.1. The number of hydrogen-bond acceptors (Lipinski definition) is 4. The van der Waals surface area contributed by atoms with E-state index in [0.717, 1.165) is 12.1 Å². The zero-order chi connectivity index (χ0) is 18.3. The molecule has 130 valence electrons. The van der Waals surface area contributed by atoms with Gasteiger partial charge in [-0.05, 0) is 26.0 Å². The molecule has 0 aliphatic heterocycles. The quantitative estimate of drug-likeness (QED) is 0.629. The van der Waals surface area contributed by atoms with Crippen LogP contribution < -0.4 is 5.43 Å². The molecule has 0 radical (unpaired) electrons. The van der Waals surface area contributed by atoms with Crippen molar-refractivity contribution < 1.29 is 23.4 Å². The summed E-state index contributed by atoms with van der Waals surface area (Å²) in [7, 11) is 0. The standard InChI is InChI=1S/C16H13F2N3O4/c1-6-10-14(22)11(7(2)25-16(23)24)13(19-15(10)21-20-6)12-8(17)4-3-5-9(12)18/h3-5,7H,1-2H3,(H,23,24)(H2,19,20,21,22). The van der Waals surface area contributed by atoms with Gasteiger partial charge < -0.3 is 14.8 Å². The summed E-state index contributed by atoms with van der Waals surface area (Å²) in [5.74, 6) is -1.81. The van der Waals surface area contributed by atoms with E-state index >= 15 is 0 Å². The minimum Gasteiger partial charge on any atom is -0.450 e. The normalized spacial score (nSPS) is 12.3. The molecule has 1 unspecified atom stereocenters. The Kier molecular flexibility index (Phi) is 3.99. The predicted octanol–water partition coefficient (Wildman–Crippen LogP) is 3.26. The molecule has 0 amide bonds. The minimum absolute atomic E-state index is 0.163. The Morgan fingerprint density at radius 1 is 1.32 bits per heavy atom. The van der Waals surface area contributed by atoms with Gasteiger partial charge in [-0.1, -0.05) is 6.07 Å². The van der Waals surface area contributed by atoms with Gasteiger partial charge in [0.15, 0.2) is 5.43 Å². The molecule has 3 rings (SSSR count). The monoisotopic (exact) mass is 349 g/mol. The molecule has 1 atom stereocenters. The van der Waals surface area contributed by atoms with Gasteiger partial charge in [0, 0.05) is 0 Å². The van der Waals surface area contributed by atoms with Crippen molar-refractivity contribution in [1.82, 2.24) is 15.2 Å². The fraction of sp³-hybridized carbons (Fsp3) is 0.188. The van der Waals surface area contributed by atoms with Gasteiger partial charge in [-0.25, -0.2) is 13.6 Å². The van der Waals surface area contributed by atoms with Gasteiger partial charge in [-0.2, -0.15) is 5.10 Å². The summed E-state index contributed by atoms with van der Waals surface area (Å²) >= 11 is 0. The van der Waals surface area contributed by atoms with Crippen LogP contribution in [0.4, 0.5) is 13.6 Å². The first-order chi connectivity index (χ1) is 11.8. The highest BCUT2D eigenvalue weighted by Gasteiger charge is 2.26. The number of fused-ring (bicyclic) bond motifs is 1. The van der Waals surface area contributed by atoms with Crippen LogP contribution in [0.1, 0.15) is 24.3 Å². The molecule has 0 spiro atoms. The van der Waals surface area contributed by atoms with E-state index in [9.17, 15) is 18.4 Å². The number of nitrogens with one attached hydrogen (secondary N) is 2. The van der Waals surface area contributed by atoms with Crippen molar-refractivity contribution in [1.29, 1.82) is 0 Å². The number of carboxylic acid groups (broad SMARTS) is 1.